The minimum atomic E-state index is -0.726. The second-order valence-electron chi connectivity index (χ2n) is 4.23. The summed E-state index contributed by atoms with van der Waals surface area (Å²) in [7, 11) is 0. The van der Waals surface area contributed by atoms with Crippen LogP contribution in [-0.4, -0.2) is 41.7 Å². The van der Waals surface area contributed by atoms with Gasteiger partial charge < -0.3 is 21.5 Å². The zero-order chi connectivity index (χ0) is 12.8. The van der Waals surface area contributed by atoms with Crippen molar-refractivity contribution in [3.05, 3.63) is 12.2 Å². The molecule has 0 saturated carbocycles. The number of rotatable bonds is 0. The van der Waals surface area contributed by atoms with E-state index >= 15 is 0 Å². The first-order chi connectivity index (χ1) is 7.99. The van der Waals surface area contributed by atoms with Gasteiger partial charge in [0.2, 0.25) is 11.8 Å². The Kier molecular flexibility index (Phi) is 5.11. The van der Waals surface area contributed by atoms with E-state index in [2.05, 4.69) is 10.6 Å². The first-order valence-electron chi connectivity index (χ1n) is 5.69. The molecule has 3 atom stereocenters. The standard InChI is InChI=1S/C11H19N3O3/c1-7-2-3-10(16)13-5-4-8(15)6-9(12)11(17)14-7/h2-3,7-9,15H,4-6,12H2,1H3,(H,13,16)(H,14,17)/b3-2-/t7-,8-,9-/m0/s1. The van der Waals surface area contributed by atoms with Gasteiger partial charge in [-0.25, -0.2) is 0 Å². The summed E-state index contributed by atoms with van der Waals surface area (Å²) in [6, 6.07) is -0.994. The van der Waals surface area contributed by atoms with Crippen LogP contribution in [0.25, 0.3) is 0 Å². The molecular formula is C11H19N3O3. The fourth-order valence-corrected chi connectivity index (χ4v) is 1.55. The summed E-state index contributed by atoms with van der Waals surface area (Å²) in [5, 5.41) is 14.9. The minimum Gasteiger partial charge on any atom is -0.393 e. The molecule has 0 aromatic rings. The zero-order valence-electron chi connectivity index (χ0n) is 9.85. The van der Waals surface area contributed by atoms with E-state index in [1.165, 1.54) is 6.08 Å². The van der Waals surface area contributed by atoms with E-state index in [0.717, 1.165) is 0 Å². The lowest BCUT2D eigenvalue weighted by Gasteiger charge is -2.19. The number of hydrogen-bond acceptors (Lipinski definition) is 4. The van der Waals surface area contributed by atoms with Crippen LogP contribution in [0, 0.1) is 0 Å². The molecule has 6 nitrogen and oxygen atoms in total. The van der Waals surface area contributed by atoms with Gasteiger partial charge in [0.25, 0.3) is 0 Å². The Bertz CT molecular complexity index is 317. The number of aliphatic hydroxyl groups excluding tert-OH is 1. The highest BCUT2D eigenvalue weighted by molar-refractivity contribution is 5.88. The topological polar surface area (TPSA) is 104 Å². The lowest BCUT2D eigenvalue weighted by Crippen LogP contribution is -2.46. The summed E-state index contributed by atoms with van der Waals surface area (Å²) in [5.74, 6) is -0.551. The van der Waals surface area contributed by atoms with E-state index in [0.29, 0.717) is 13.0 Å². The molecular weight excluding hydrogens is 222 g/mol. The number of nitrogens with one attached hydrogen (secondary N) is 2. The van der Waals surface area contributed by atoms with Crippen LogP contribution in [-0.2, 0) is 9.59 Å². The number of carbonyl (C=O) groups is 2. The number of amides is 2. The summed E-state index contributed by atoms with van der Waals surface area (Å²) in [6.07, 6.45) is 2.85. The van der Waals surface area contributed by atoms with Crippen LogP contribution in [0.4, 0.5) is 0 Å². The van der Waals surface area contributed by atoms with Gasteiger partial charge in [0.05, 0.1) is 12.1 Å². The molecule has 1 heterocycles. The summed E-state index contributed by atoms with van der Waals surface area (Å²) in [5.41, 5.74) is 5.65. The molecule has 17 heavy (non-hydrogen) atoms. The molecule has 5 N–H and O–H groups in total. The molecule has 0 radical (unpaired) electrons. The lowest BCUT2D eigenvalue weighted by molar-refractivity contribution is -0.123. The average molecular weight is 241 g/mol. The second kappa shape index (κ2) is 6.36. The highest BCUT2D eigenvalue weighted by Gasteiger charge is 2.19. The molecule has 0 aliphatic carbocycles. The fraction of sp³-hybridized carbons (Fsp3) is 0.636. The third kappa shape index (κ3) is 4.97. The van der Waals surface area contributed by atoms with Gasteiger partial charge in [0.1, 0.15) is 0 Å². The van der Waals surface area contributed by atoms with E-state index < -0.39 is 12.1 Å². The van der Waals surface area contributed by atoms with E-state index in [-0.39, 0.29) is 24.3 Å². The number of carbonyl (C=O) groups excluding carboxylic acids is 2. The maximum Gasteiger partial charge on any atom is 0.243 e. The average Bonchev–Trinajstić information content (AvgIpc) is 2.25. The van der Waals surface area contributed by atoms with Crippen LogP contribution in [0.2, 0.25) is 0 Å². The highest BCUT2D eigenvalue weighted by atomic mass is 16.3. The Morgan fingerprint density at radius 1 is 1.47 bits per heavy atom. The van der Waals surface area contributed by atoms with Crippen molar-refractivity contribution < 1.29 is 14.7 Å². The Balaban J connectivity index is 2.69. The van der Waals surface area contributed by atoms with Crippen molar-refractivity contribution in [2.24, 2.45) is 5.73 Å². The first-order valence-corrected chi connectivity index (χ1v) is 5.69. The van der Waals surface area contributed by atoms with Crippen LogP contribution in [0.3, 0.4) is 0 Å². The third-order valence-electron chi connectivity index (χ3n) is 2.55. The highest BCUT2D eigenvalue weighted by Crippen LogP contribution is 2.02. The van der Waals surface area contributed by atoms with Crippen LogP contribution in [0.1, 0.15) is 19.8 Å². The van der Waals surface area contributed by atoms with E-state index in [9.17, 15) is 14.7 Å². The Morgan fingerprint density at radius 3 is 2.88 bits per heavy atom. The molecule has 0 saturated heterocycles. The van der Waals surface area contributed by atoms with Crippen molar-refractivity contribution in [1.82, 2.24) is 10.6 Å². The van der Waals surface area contributed by atoms with Crippen molar-refractivity contribution >= 4 is 11.8 Å². The van der Waals surface area contributed by atoms with Gasteiger partial charge >= 0.3 is 0 Å². The number of hydrogen-bond donors (Lipinski definition) is 4. The van der Waals surface area contributed by atoms with Gasteiger partial charge in [-0.15, -0.1) is 0 Å². The molecule has 0 bridgehead atoms. The molecule has 0 spiro atoms. The van der Waals surface area contributed by atoms with Crippen molar-refractivity contribution in [2.75, 3.05) is 6.54 Å². The summed E-state index contributed by atoms with van der Waals surface area (Å²) in [4.78, 5) is 22.9. The second-order valence-corrected chi connectivity index (χ2v) is 4.23. The molecule has 0 fully saturated rings. The van der Waals surface area contributed by atoms with Gasteiger partial charge in [0, 0.05) is 18.7 Å². The van der Waals surface area contributed by atoms with Crippen LogP contribution < -0.4 is 16.4 Å². The van der Waals surface area contributed by atoms with Crippen LogP contribution in [0.15, 0.2) is 12.2 Å². The predicted octanol–water partition coefficient (Wildman–Crippen LogP) is -1.35. The minimum absolute atomic E-state index is 0.193. The molecule has 2 amide bonds. The van der Waals surface area contributed by atoms with Gasteiger partial charge in [-0.3, -0.25) is 9.59 Å². The Labute approximate surface area is 100 Å². The van der Waals surface area contributed by atoms with Gasteiger partial charge in [-0.2, -0.15) is 0 Å². The number of aliphatic hydroxyl groups is 1. The molecule has 6 heteroatoms. The fourth-order valence-electron chi connectivity index (χ4n) is 1.55. The quantitative estimate of drug-likeness (QED) is 0.420. The predicted molar refractivity (Wildman–Crippen MR) is 63.0 cm³/mol. The monoisotopic (exact) mass is 241 g/mol. The van der Waals surface area contributed by atoms with Crippen molar-refractivity contribution in [2.45, 2.75) is 38.0 Å². The molecule has 1 aliphatic rings. The molecule has 1 aliphatic heterocycles. The molecule has 1 rings (SSSR count). The van der Waals surface area contributed by atoms with E-state index in [4.69, 9.17) is 5.73 Å². The van der Waals surface area contributed by atoms with Crippen LogP contribution in [0.5, 0.6) is 0 Å². The summed E-state index contributed by atoms with van der Waals surface area (Å²) >= 11 is 0. The summed E-state index contributed by atoms with van der Waals surface area (Å²) < 4.78 is 0. The van der Waals surface area contributed by atoms with Crippen molar-refractivity contribution in [3.63, 3.8) is 0 Å². The van der Waals surface area contributed by atoms with E-state index in [1.807, 2.05) is 0 Å². The maximum atomic E-state index is 11.6. The summed E-state index contributed by atoms with van der Waals surface area (Å²) in [6.45, 7) is 2.11. The third-order valence-corrected chi connectivity index (χ3v) is 2.55. The Morgan fingerprint density at radius 2 is 2.18 bits per heavy atom. The SMILES string of the molecule is C[C@H]1/C=C\C(=O)NCC[C@H](O)C[C@H](N)C(=O)N1. The maximum absolute atomic E-state index is 11.6. The van der Waals surface area contributed by atoms with Gasteiger partial charge in [0.15, 0.2) is 0 Å². The molecule has 96 valence electrons. The van der Waals surface area contributed by atoms with Crippen molar-refractivity contribution in [1.29, 1.82) is 0 Å². The smallest absolute Gasteiger partial charge is 0.243 e. The van der Waals surface area contributed by atoms with Crippen molar-refractivity contribution in [3.8, 4) is 0 Å². The largest absolute Gasteiger partial charge is 0.393 e. The zero-order valence-corrected chi connectivity index (χ0v) is 9.85. The first kappa shape index (κ1) is 13.7. The van der Waals surface area contributed by atoms with Gasteiger partial charge in [-0.05, 0) is 19.8 Å². The van der Waals surface area contributed by atoms with E-state index in [1.54, 1.807) is 13.0 Å². The molecule has 0 unspecified atom stereocenters. The lowest BCUT2D eigenvalue weighted by atomic mass is 10.1. The van der Waals surface area contributed by atoms with Crippen LogP contribution >= 0.6 is 0 Å². The molecule has 0 aromatic heterocycles. The number of nitrogens with two attached hydrogens (primary N) is 1. The normalized spacial score (nSPS) is 33.9. The molecule has 0 aromatic carbocycles. The Hall–Kier alpha value is -1.40. The van der Waals surface area contributed by atoms with Gasteiger partial charge in [-0.1, -0.05) is 6.08 Å².